The number of nitrogens with zero attached hydrogens (tertiary/aromatic N) is 4. The zero-order valence-electron chi connectivity index (χ0n) is 17.5. The number of urea groups is 1. The van der Waals surface area contributed by atoms with Gasteiger partial charge in [-0.25, -0.2) is 9.69 Å². The molecule has 2 aliphatic rings. The third-order valence-corrected chi connectivity index (χ3v) is 5.74. The number of pyridine rings is 1. The van der Waals surface area contributed by atoms with Crippen molar-refractivity contribution in [3.8, 4) is 5.75 Å². The molecule has 3 heterocycles. The van der Waals surface area contributed by atoms with Crippen LogP contribution in [-0.2, 0) is 11.3 Å². The van der Waals surface area contributed by atoms with Crippen LogP contribution in [0.25, 0.3) is 0 Å². The van der Waals surface area contributed by atoms with Gasteiger partial charge in [0.25, 0.3) is 5.91 Å². The number of ether oxygens (including phenoxy) is 1. The Kier molecular flexibility index (Phi) is 5.94. The third-order valence-electron chi connectivity index (χ3n) is 5.74. The smallest absolute Gasteiger partial charge is 0.406 e. The minimum absolute atomic E-state index is 0.190. The maximum absolute atomic E-state index is 13.1. The van der Waals surface area contributed by atoms with Crippen molar-refractivity contribution < 1.29 is 27.5 Å². The van der Waals surface area contributed by atoms with Gasteiger partial charge in [-0.1, -0.05) is 0 Å². The zero-order chi connectivity index (χ0) is 22.9. The van der Waals surface area contributed by atoms with Crippen molar-refractivity contribution in [2.24, 2.45) is 0 Å². The second kappa shape index (κ2) is 8.68. The highest BCUT2D eigenvalue weighted by molar-refractivity contribution is 6.21. The van der Waals surface area contributed by atoms with E-state index in [0.29, 0.717) is 0 Å². The highest BCUT2D eigenvalue weighted by atomic mass is 19.4. The molecule has 1 aromatic carbocycles. The van der Waals surface area contributed by atoms with Crippen molar-refractivity contribution in [1.82, 2.24) is 9.88 Å². The van der Waals surface area contributed by atoms with E-state index in [-0.39, 0.29) is 12.2 Å². The van der Waals surface area contributed by atoms with E-state index in [1.807, 2.05) is 6.07 Å². The fourth-order valence-corrected chi connectivity index (χ4v) is 4.10. The van der Waals surface area contributed by atoms with Crippen LogP contribution >= 0.6 is 0 Å². The summed E-state index contributed by atoms with van der Waals surface area (Å²) in [6.07, 6.45) is 1.99. The summed E-state index contributed by atoms with van der Waals surface area (Å²) in [6.45, 7) is 3.70. The third kappa shape index (κ3) is 4.49. The molecule has 2 saturated heterocycles. The summed E-state index contributed by atoms with van der Waals surface area (Å²) in [4.78, 5) is 34.9. The molecular weight excluding hydrogens is 425 g/mol. The largest absolute Gasteiger partial charge is 0.573 e. The fourth-order valence-electron chi connectivity index (χ4n) is 4.10. The number of carbonyl (C=O) groups excluding carboxylic acids is 2. The molecule has 0 radical (unpaired) electrons. The van der Waals surface area contributed by atoms with Crippen LogP contribution in [0.4, 0.5) is 29.3 Å². The average Bonchev–Trinajstić information content (AvgIpc) is 2.97. The van der Waals surface area contributed by atoms with E-state index in [1.165, 1.54) is 23.5 Å². The van der Waals surface area contributed by atoms with Crippen LogP contribution in [0.1, 0.15) is 31.7 Å². The molecule has 0 spiro atoms. The Morgan fingerprint density at radius 1 is 1.06 bits per heavy atom. The van der Waals surface area contributed by atoms with Gasteiger partial charge in [-0.15, -0.1) is 13.2 Å². The van der Waals surface area contributed by atoms with Gasteiger partial charge in [0.2, 0.25) is 0 Å². The van der Waals surface area contributed by atoms with Gasteiger partial charge in [0.05, 0.1) is 24.1 Å². The molecule has 10 heteroatoms. The Labute approximate surface area is 183 Å². The predicted octanol–water partition coefficient (Wildman–Crippen LogP) is 4.33. The lowest BCUT2D eigenvalue weighted by Crippen LogP contribution is -2.35. The number of hydrogen-bond donors (Lipinski definition) is 0. The quantitative estimate of drug-likeness (QED) is 0.637. The average molecular weight is 448 g/mol. The van der Waals surface area contributed by atoms with Gasteiger partial charge in [0.1, 0.15) is 11.8 Å². The fraction of sp³-hybridized carbons (Fsp3) is 0.409. The normalized spacial score (nSPS) is 19.6. The van der Waals surface area contributed by atoms with Crippen molar-refractivity contribution in [1.29, 1.82) is 0 Å². The minimum Gasteiger partial charge on any atom is -0.406 e. The summed E-state index contributed by atoms with van der Waals surface area (Å²) >= 11 is 0. The zero-order valence-corrected chi connectivity index (χ0v) is 17.5. The number of imide groups is 1. The number of aromatic nitrogens is 1. The van der Waals surface area contributed by atoms with Crippen molar-refractivity contribution in [2.45, 2.75) is 45.1 Å². The van der Waals surface area contributed by atoms with E-state index < -0.39 is 30.1 Å². The number of rotatable bonds is 5. The summed E-state index contributed by atoms with van der Waals surface area (Å²) in [5, 5.41) is 0. The van der Waals surface area contributed by atoms with E-state index in [1.54, 1.807) is 19.3 Å². The van der Waals surface area contributed by atoms with Crippen molar-refractivity contribution in [2.75, 3.05) is 22.9 Å². The molecule has 0 saturated carbocycles. The van der Waals surface area contributed by atoms with Gasteiger partial charge in [-0.05, 0) is 62.1 Å². The Morgan fingerprint density at radius 2 is 1.75 bits per heavy atom. The Hall–Kier alpha value is -3.30. The van der Waals surface area contributed by atoms with E-state index in [9.17, 15) is 22.8 Å². The molecule has 0 bridgehead atoms. The van der Waals surface area contributed by atoms with Gasteiger partial charge in [0, 0.05) is 19.3 Å². The van der Waals surface area contributed by atoms with Crippen molar-refractivity contribution in [3.05, 3.63) is 48.3 Å². The predicted molar refractivity (Wildman–Crippen MR) is 111 cm³/mol. The summed E-state index contributed by atoms with van der Waals surface area (Å²) in [7, 11) is 0. The van der Waals surface area contributed by atoms with Crippen molar-refractivity contribution in [3.63, 3.8) is 0 Å². The van der Waals surface area contributed by atoms with Gasteiger partial charge >= 0.3 is 12.4 Å². The molecule has 4 rings (SSSR count). The van der Waals surface area contributed by atoms with Crippen LogP contribution in [0, 0.1) is 0 Å². The Bertz CT molecular complexity index is 991. The summed E-state index contributed by atoms with van der Waals surface area (Å²) in [5.41, 5.74) is 2.03. The summed E-state index contributed by atoms with van der Waals surface area (Å²) in [5.74, 6) is -0.860. The van der Waals surface area contributed by atoms with E-state index in [2.05, 4.69) is 14.6 Å². The van der Waals surface area contributed by atoms with Crippen molar-refractivity contribution >= 4 is 23.3 Å². The molecule has 170 valence electrons. The molecule has 1 aromatic heterocycles. The molecule has 32 heavy (non-hydrogen) atoms. The molecule has 2 aromatic rings. The second-order valence-corrected chi connectivity index (χ2v) is 7.85. The van der Waals surface area contributed by atoms with Gasteiger partial charge < -0.3 is 14.5 Å². The SMILES string of the molecule is CC1C(=O)N(c2ccc(OC(F)(F)F)cc2)C(=O)N1Cc1ccncc1N1CCCCC1. The lowest BCUT2D eigenvalue weighted by Gasteiger charge is -2.31. The van der Waals surface area contributed by atoms with Crippen LogP contribution in [0.2, 0.25) is 0 Å². The van der Waals surface area contributed by atoms with Gasteiger partial charge in [-0.3, -0.25) is 9.78 Å². The Balaban J connectivity index is 1.54. The first kappa shape index (κ1) is 21.9. The number of alkyl halides is 3. The molecular formula is C22H23F3N4O3. The van der Waals surface area contributed by atoms with E-state index in [4.69, 9.17) is 0 Å². The monoisotopic (exact) mass is 448 g/mol. The molecule has 2 aliphatic heterocycles. The van der Waals surface area contributed by atoms with Crippen LogP contribution < -0.4 is 14.5 Å². The van der Waals surface area contributed by atoms with Gasteiger partial charge in [-0.2, -0.15) is 0 Å². The van der Waals surface area contributed by atoms with Crippen LogP contribution in [-0.4, -0.2) is 47.3 Å². The molecule has 7 nitrogen and oxygen atoms in total. The molecule has 2 fully saturated rings. The topological polar surface area (TPSA) is 66.0 Å². The summed E-state index contributed by atoms with van der Waals surface area (Å²) < 4.78 is 41.0. The number of amides is 3. The number of benzene rings is 1. The lowest BCUT2D eigenvalue weighted by molar-refractivity contribution is -0.274. The number of piperidine rings is 1. The highest BCUT2D eigenvalue weighted by Crippen LogP contribution is 2.31. The van der Waals surface area contributed by atoms with E-state index >= 15 is 0 Å². The van der Waals surface area contributed by atoms with Crippen LogP contribution in [0.15, 0.2) is 42.7 Å². The number of carbonyl (C=O) groups is 2. The first-order chi connectivity index (χ1) is 15.2. The molecule has 0 N–H and O–H groups in total. The first-order valence-electron chi connectivity index (χ1n) is 10.4. The summed E-state index contributed by atoms with van der Waals surface area (Å²) in [6, 6.07) is 5.30. The Morgan fingerprint density at radius 3 is 2.41 bits per heavy atom. The number of halogens is 3. The first-order valence-corrected chi connectivity index (χ1v) is 10.4. The standard InChI is InChI=1S/C22H23F3N4O3/c1-15-20(30)29(17-5-7-18(8-6-17)32-22(23,24)25)21(31)28(15)14-16-9-10-26-13-19(16)27-11-3-2-4-12-27/h5-10,13,15H,2-4,11-12,14H2,1H3. The molecule has 3 amide bonds. The van der Waals surface area contributed by atoms with Crippen LogP contribution in [0.5, 0.6) is 5.75 Å². The molecule has 1 atom stereocenters. The lowest BCUT2D eigenvalue weighted by atomic mass is 10.1. The van der Waals surface area contributed by atoms with E-state index in [0.717, 1.165) is 54.2 Å². The number of anilines is 2. The second-order valence-electron chi connectivity index (χ2n) is 7.85. The number of hydrogen-bond acceptors (Lipinski definition) is 5. The van der Waals surface area contributed by atoms with Gasteiger partial charge in [0.15, 0.2) is 0 Å². The maximum Gasteiger partial charge on any atom is 0.573 e. The van der Waals surface area contributed by atoms with Crippen LogP contribution in [0.3, 0.4) is 0 Å². The molecule has 1 unspecified atom stereocenters. The highest BCUT2D eigenvalue weighted by Gasteiger charge is 2.43. The minimum atomic E-state index is -4.82. The molecule has 0 aliphatic carbocycles. The maximum atomic E-state index is 13.1.